The standard InChI is InChI=1S/C35H36ClN5O7S/c1-38-15-17-39(18-16-38)22-23-4-11-31(47-3)28(20-23)35(40-14-12-30(42)32(40)33-37-13-19-48-33)27-21-24(36)5-10-29(27)41(34(35)43)49(44,45)26-8-6-25(46-2)7-9-26/h4-11,13,19-21,32H,12,14-18,22H2,1-3H3/t32-,35?/m1/s1. The van der Waals surface area contributed by atoms with E-state index in [0.29, 0.717) is 29.2 Å². The Labute approximate surface area is 289 Å². The van der Waals surface area contributed by atoms with Gasteiger partial charge in [0, 0.05) is 61.8 Å². The number of fused-ring (bicyclic) bond motifs is 1. The number of halogens is 1. The van der Waals surface area contributed by atoms with Gasteiger partial charge in [0.05, 0.1) is 31.0 Å². The summed E-state index contributed by atoms with van der Waals surface area (Å²) in [7, 11) is 0.561. The van der Waals surface area contributed by atoms with Crippen LogP contribution in [0.25, 0.3) is 0 Å². The molecule has 0 bridgehead atoms. The van der Waals surface area contributed by atoms with Gasteiger partial charge in [0.15, 0.2) is 11.3 Å². The van der Waals surface area contributed by atoms with Crippen LogP contribution in [0.15, 0.2) is 82.4 Å². The van der Waals surface area contributed by atoms with Crippen LogP contribution in [-0.2, 0) is 31.7 Å². The lowest BCUT2D eigenvalue weighted by atomic mass is 9.80. The monoisotopic (exact) mass is 705 g/mol. The summed E-state index contributed by atoms with van der Waals surface area (Å²) < 4.78 is 46.9. The summed E-state index contributed by atoms with van der Waals surface area (Å²) in [6, 6.07) is 15.0. The van der Waals surface area contributed by atoms with Crippen LogP contribution in [0.5, 0.6) is 11.5 Å². The first-order valence-electron chi connectivity index (χ1n) is 15.9. The second kappa shape index (κ2) is 12.9. The topological polar surface area (TPSA) is 126 Å². The van der Waals surface area contributed by atoms with Crippen molar-refractivity contribution in [1.29, 1.82) is 0 Å². The van der Waals surface area contributed by atoms with E-state index in [1.165, 1.54) is 57.0 Å². The van der Waals surface area contributed by atoms with Crippen molar-refractivity contribution in [3.05, 3.63) is 101 Å². The number of ketones is 1. The summed E-state index contributed by atoms with van der Waals surface area (Å²) in [6.07, 6.45) is 2.88. The van der Waals surface area contributed by atoms with Crippen molar-refractivity contribution in [2.45, 2.75) is 29.4 Å². The zero-order valence-electron chi connectivity index (χ0n) is 27.3. The first-order chi connectivity index (χ1) is 23.6. The number of hydrogen-bond acceptors (Lipinski definition) is 11. The molecule has 0 saturated carbocycles. The quantitative estimate of drug-likeness (QED) is 0.250. The SMILES string of the molecule is COc1ccc(S(=O)(=O)N2C(=O)C(c3cc(CN4CCN(C)CC4)ccc3OC)(N3CCC(=O)[C@@H]3c3ncco3)c3cc(Cl)ccc32)cc1. The van der Waals surface area contributed by atoms with Gasteiger partial charge in [0.2, 0.25) is 5.89 Å². The van der Waals surface area contributed by atoms with Gasteiger partial charge in [-0.15, -0.1) is 0 Å². The average Bonchev–Trinajstić information content (AvgIpc) is 3.82. The van der Waals surface area contributed by atoms with Gasteiger partial charge >= 0.3 is 0 Å². The van der Waals surface area contributed by atoms with E-state index in [9.17, 15) is 13.2 Å². The van der Waals surface area contributed by atoms with Gasteiger partial charge in [-0.05, 0) is 67.2 Å². The lowest BCUT2D eigenvalue weighted by Crippen LogP contribution is -2.55. The van der Waals surface area contributed by atoms with Gasteiger partial charge in [-0.2, -0.15) is 0 Å². The zero-order valence-corrected chi connectivity index (χ0v) is 28.9. The molecule has 3 aliphatic heterocycles. The molecule has 1 unspecified atom stereocenters. The number of nitrogens with zero attached hydrogens (tertiary/aromatic N) is 5. The molecule has 4 aromatic rings. The molecule has 3 aromatic carbocycles. The number of piperazine rings is 1. The van der Waals surface area contributed by atoms with E-state index in [-0.39, 0.29) is 40.2 Å². The number of anilines is 1. The number of hydrogen-bond donors (Lipinski definition) is 0. The molecule has 0 radical (unpaired) electrons. The molecule has 3 aliphatic rings. The van der Waals surface area contributed by atoms with E-state index in [0.717, 1.165) is 36.0 Å². The number of amides is 1. The van der Waals surface area contributed by atoms with Crippen LogP contribution < -0.4 is 13.8 Å². The summed E-state index contributed by atoms with van der Waals surface area (Å²) in [6.45, 7) is 4.26. The first-order valence-corrected chi connectivity index (χ1v) is 17.7. The van der Waals surface area contributed by atoms with E-state index in [1.54, 1.807) is 23.1 Å². The normalized spacial score (nSPS) is 22.1. The maximum Gasteiger partial charge on any atom is 0.271 e. The highest BCUT2D eigenvalue weighted by Gasteiger charge is 2.64. The molecular weight excluding hydrogens is 670 g/mol. The fourth-order valence-electron chi connectivity index (χ4n) is 7.20. The molecule has 4 heterocycles. The van der Waals surface area contributed by atoms with Crippen LogP contribution in [0.2, 0.25) is 5.02 Å². The molecule has 1 aromatic heterocycles. The van der Waals surface area contributed by atoms with Crippen LogP contribution in [0.1, 0.15) is 35.0 Å². The third-order valence-corrected chi connectivity index (χ3v) is 11.6. The van der Waals surface area contributed by atoms with Crippen LogP contribution >= 0.6 is 11.6 Å². The van der Waals surface area contributed by atoms with Crippen LogP contribution in [0.3, 0.4) is 0 Å². The maximum atomic E-state index is 15.6. The number of oxazole rings is 1. The molecular formula is C35H36ClN5O7S. The van der Waals surface area contributed by atoms with E-state index in [4.69, 9.17) is 25.5 Å². The van der Waals surface area contributed by atoms with Gasteiger partial charge < -0.3 is 18.8 Å². The predicted molar refractivity (Wildman–Crippen MR) is 181 cm³/mol. The predicted octanol–water partition coefficient (Wildman–Crippen LogP) is 4.09. The van der Waals surface area contributed by atoms with Gasteiger partial charge in [0.1, 0.15) is 23.8 Å². The number of likely N-dealkylation sites (tertiary alicyclic amines) is 1. The van der Waals surface area contributed by atoms with Crippen molar-refractivity contribution in [2.24, 2.45) is 0 Å². The number of carbonyl (C=O) groups excluding carboxylic acids is 2. The van der Waals surface area contributed by atoms with Crippen molar-refractivity contribution in [3.8, 4) is 11.5 Å². The minimum atomic E-state index is -4.51. The maximum absolute atomic E-state index is 15.6. The highest BCUT2D eigenvalue weighted by atomic mass is 35.5. The van der Waals surface area contributed by atoms with Crippen LogP contribution in [-0.4, -0.2) is 93.8 Å². The molecule has 7 rings (SSSR count). The summed E-state index contributed by atoms with van der Waals surface area (Å²) >= 11 is 6.66. The Balaban J connectivity index is 1.48. The fourth-order valence-corrected chi connectivity index (χ4v) is 8.84. The molecule has 2 fully saturated rings. The van der Waals surface area contributed by atoms with Gasteiger partial charge in [-0.25, -0.2) is 17.7 Å². The Kier molecular flexibility index (Phi) is 8.74. The highest BCUT2D eigenvalue weighted by molar-refractivity contribution is 7.93. The molecule has 2 atom stereocenters. The summed E-state index contributed by atoms with van der Waals surface area (Å²) in [5, 5.41) is 0.283. The number of benzene rings is 3. The lowest BCUT2D eigenvalue weighted by molar-refractivity contribution is -0.129. The molecule has 12 nitrogen and oxygen atoms in total. The molecule has 256 valence electrons. The molecule has 49 heavy (non-hydrogen) atoms. The van der Waals surface area contributed by atoms with Crippen LogP contribution in [0.4, 0.5) is 5.69 Å². The molecule has 2 saturated heterocycles. The van der Waals surface area contributed by atoms with Gasteiger partial charge in [-0.1, -0.05) is 17.7 Å². The molecule has 0 aliphatic carbocycles. The number of Topliss-reactive ketones (excluding diaryl/α,β-unsaturated/α-hetero) is 1. The molecule has 0 N–H and O–H groups in total. The third-order valence-electron chi connectivity index (χ3n) is 9.65. The smallest absolute Gasteiger partial charge is 0.271 e. The molecule has 14 heteroatoms. The minimum absolute atomic E-state index is 0.0759. The number of carbonyl (C=O) groups is 2. The lowest BCUT2D eigenvalue weighted by Gasteiger charge is -2.41. The Morgan fingerprint density at radius 1 is 0.939 bits per heavy atom. The second-order valence-electron chi connectivity index (χ2n) is 12.4. The zero-order chi connectivity index (χ0) is 34.5. The van der Waals surface area contributed by atoms with Crippen molar-refractivity contribution in [1.82, 2.24) is 19.7 Å². The number of sulfonamides is 1. The van der Waals surface area contributed by atoms with Crippen LogP contribution in [0, 0.1) is 0 Å². The Bertz CT molecular complexity index is 2000. The Morgan fingerprint density at radius 2 is 1.69 bits per heavy atom. The fraction of sp³-hybridized carbons (Fsp3) is 0.343. The number of likely N-dealkylation sites (N-methyl/N-ethyl adjacent to an activating group) is 1. The van der Waals surface area contributed by atoms with Crippen molar-refractivity contribution < 1.29 is 31.9 Å². The van der Waals surface area contributed by atoms with E-state index in [2.05, 4.69) is 21.8 Å². The second-order valence-corrected chi connectivity index (χ2v) is 14.6. The average molecular weight is 706 g/mol. The number of aromatic nitrogens is 1. The molecule has 1 amide bonds. The minimum Gasteiger partial charge on any atom is -0.497 e. The Hall–Kier alpha value is -4.27. The van der Waals surface area contributed by atoms with E-state index in [1.807, 2.05) is 12.1 Å². The highest BCUT2D eigenvalue weighted by Crippen LogP contribution is 2.56. The summed E-state index contributed by atoms with van der Waals surface area (Å²) in [4.78, 5) is 39.8. The molecule has 0 spiro atoms. The van der Waals surface area contributed by atoms with Crippen molar-refractivity contribution in [2.75, 3.05) is 58.3 Å². The third kappa shape index (κ3) is 5.49. The summed E-state index contributed by atoms with van der Waals surface area (Å²) in [5.74, 6) is -0.124. The largest absolute Gasteiger partial charge is 0.497 e. The number of rotatable bonds is 9. The van der Waals surface area contributed by atoms with Crippen molar-refractivity contribution >= 4 is 39.0 Å². The first kappa shape index (κ1) is 33.2. The summed E-state index contributed by atoms with van der Waals surface area (Å²) in [5.41, 5.74) is -0.209. The Morgan fingerprint density at radius 3 is 2.37 bits per heavy atom. The number of methoxy groups -OCH3 is 2. The van der Waals surface area contributed by atoms with Gasteiger partial charge in [-0.3, -0.25) is 19.4 Å². The van der Waals surface area contributed by atoms with E-state index >= 15 is 4.79 Å². The van der Waals surface area contributed by atoms with Crippen molar-refractivity contribution in [3.63, 3.8) is 0 Å². The van der Waals surface area contributed by atoms with E-state index < -0.39 is 27.5 Å². The van der Waals surface area contributed by atoms with Gasteiger partial charge in [0.25, 0.3) is 15.9 Å². The number of ether oxygens (including phenoxy) is 2.